The van der Waals surface area contributed by atoms with Crippen molar-refractivity contribution in [1.82, 2.24) is 4.57 Å². The van der Waals surface area contributed by atoms with Gasteiger partial charge in [0.25, 0.3) is 0 Å². The normalized spacial score (nSPS) is 11.2. The molecule has 0 atom stereocenters. The molecular weight excluding hydrogens is 821 g/mol. The van der Waals surface area contributed by atoms with Gasteiger partial charge in [-0.05, 0) is 104 Å². The summed E-state index contributed by atoms with van der Waals surface area (Å²) >= 11 is 0. The van der Waals surface area contributed by atoms with Crippen molar-refractivity contribution >= 4 is 38.9 Å². The molecule has 12 rings (SSSR count). The number of nitrogens with zero attached hydrogens (tertiary/aromatic N) is 2. The van der Waals surface area contributed by atoms with Gasteiger partial charge in [-0.25, -0.2) is 0 Å². The number of aromatic nitrogens is 1. The third-order valence-corrected chi connectivity index (χ3v) is 13.3. The minimum absolute atomic E-state index is 1.07. The molecule has 0 unspecified atom stereocenters. The number of fused-ring (bicyclic) bond motifs is 3. The van der Waals surface area contributed by atoms with E-state index in [1.54, 1.807) is 0 Å². The maximum Gasteiger partial charge on any atom is 0.0541 e. The molecule has 0 saturated heterocycles. The Morgan fingerprint density at radius 1 is 0.235 bits per heavy atom. The highest BCUT2D eigenvalue weighted by Crippen LogP contribution is 2.48. The van der Waals surface area contributed by atoms with Gasteiger partial charge in [-0.15, -0.1) is 0 Å². The molecule has 0 bridgehead atoms. The molecule has 1 aromatic heterocycles. The van der Waals surface area contributed by atoms with Crippen molar-refractivity contribution in [2.75, 3.05) is 4.90 Å². The second-order valence-corrected chi connectivity index (χ2v) is 17.2. The van der Waals surface area contributed by atoms with E-state index < -0.39 is 0 Å². The molecule has 2 nitrogen and oxygen atoms in total. The van der Waals surface area contributed by atoms with Gasteiger partial charge in [-0.3, -0.25) is 0 Å². The van der Waals surface area contributed by atoms with Crippen LogP contribution in [-0.2, 0) is 0 Å². The van der Waals surface area contributed by atoms with Crippen molar-refractivity contribution in [2.24, 2.45) is 0 Å². The van der Waals surface area contributed by atoms with Crippen LogP contribution in [0, 0.1) is 0 Å². The highest BCUT2D eigenvalue weighted by Gasteiger charge is 2.23. The monoisotopic (exact) mass is 866 g/mol. The molecule has 1 heterocycles. The smallest absolute Gasteiger partial charge is 0.0541 e. The molecule has 320 valence electrons. The average Bonchev–Trinajstić information content (AvgIpc) is 3.76. The van der Waals surface area contributed by atoms with Gasteiger partial charge >= 0.3 is 0 Å². The Balaban J connectivity index is 1.01. The molecule has 12 aromatic rings. The largest absolute Gasteiger partial charge is 0.309 e. The number of para-hydroxylation sites is 4. The zero-order valence-corrected chi connectivity index (χ0v) is 37.5. The maximum absolute atomic E-state index is 2.45. The summed E-state index contributed by atoms with van der Waals surface area (Å²) < 4.78 is 2.39. The summed E-state index contributed by atoms with van der Waals surface area (Å²) in [5.41, 5.74) is 20.9. The molecule has 0 aliphatic rings. The second-order valence-electron chi connectivity index (χ2n) is 17.2. The van der Waals surface area contributed by atoms with Crippen molar-refractivity contribution in [3.8, 4) is 72.4 Å². The third-order valence-electron chi connectivity index (χ3n) is 13.3. The van der Waals surface area contributed by atoms with E-state index in [0.29, 0.717) is 0 Å². The van der Waals surface area contributed by atoms with Crippen molar-refractivity contribution < 1.29 is 0 Å². The fraction of sp³-hybridized carbons (Fsp3) is 0. The Hall–Kier alpha value is -8.98. The fourth-order valence-electron chi connectivity index (χ4n) is 10.1. The number of anilines is 3. The summed E-state index contributed by atoms with van der Waals surface area (Å²) in [5.74, 6) is 0. The minimum atomic E-state index is 1.07. The maximum atomic E-state index is 2.45. The molecular formula is C66H46N2. The van der Waals surface area contributed by atoms with E-state index in [1.807, 2.05) is 0 Å². The lowest BCUT2D eigenvalue weighted by atomic mass is 9.88. The number of rotatable bonds is 10. The van der Waals surface area contributed by atoms with Gasteiger partial charge < -0.3 is 9.47 Å². The summed E-state index contributed by atoms with van der Waals surface area (Å²) in [6.07, 6.45) is 0. The van der Waals surface area contributed by atoms with E-state index in [9.17, 15) is 0 Å². The van der Waals surface area contributed by atoms with Crippen molar-refractivity contribution in [2.45, 2.75) is 0 Å². The first-order valence-corrected chi connectivity index (χ1v) is 23.3. The summed E-state index contributed by atoms with van der Waals surface area (Å²) in [4.78, 5) is 2.45. The standard InChI is InChI=1S/C66H46N2/c1-3-20-47(21-4-1)48-38-40-51(41-39-48)56-27-11-15-34-63(56)67(64-35-16-12-31-60(64)59-30-10-9-29-58(59)57-28-8-7-26-55(57)50-22-5-2-6-23-50)53-44-42-49(43-45-53)52-24-19-25-54(46-52)68-65-36-17-13-32-61(65)62-33-14-18-37-66(62)68/h1-46H. The molecule has 0 fully saturated rings. The van der Waals surface area contributed by atoms with Crippen LogP contribution in [0.15, 0.2) is 279 Å². The second kappa shape index (κ2) is 17.8. The Morgan fingerprint density at radius 3 is 1.25 bits per heavy atom. The molecule has 0 N–H and O–H groups in total. The SMILES string of the molecule is c1ccc(-c2ccc(-c3ccccc3N(c3ccc(-c4cccc(-n5c6ccccc6c6ccccc65)c4)cc3)c3ccccc3-c3ccccc3-c3ccccc3-c3ccccc3)cc2)cc1. The van der Waals surface area contributed by atoms with E-state index in [0.717, 1.165) is 50.6 Å². The van der Waals surface area contributed by atoms with Gasteiger partial charge in [0.1, 0.15) is 0 Å². The van der Waals surface area contributed by atoms with Crippen LogP contribution in [0.3, 0.4) is 0 Å². The molecule has 0 saturated carbocycles. The quantitative estimate of drug-likeness (QED) is 0.133. The number of hydrogen-bond donors (Lipinski definition) is 0. The predicted octanol–water partition coefficient (Wildman–Crippen LogP) is 18.3. The van der Waals surface area contributed by atoms with E-state index in [2.05, 4.69) is 289 Å². The van der Waals surface area contributed by atoms with Gasteiger partial charge in [0, 0.05) is 33.3 Å². The summed E-state index contributed by atoms with van der Waals surface area (Å²) in [5, 5.41) is 2.52. The van der Waals surface area contributed by atoms with Gasteiger partial charge in [0.15, 0.2) is 0 Å². The van der Waals surface area contributed by atoms with Crippen LogP contribution in [0.4, 0.5) is 17.1 Å². The highest BCUT2D eigenvalue weighted by atomic mass is 15.1. The number of benzene rings is 11. The first-order chi connectivity index (χ1) is 33.8. The Bertz CT molecular complexity index is 3660. The highest BCUT2D eigenvalue weighted by molar-refractivity contribution is 6.09. The molecule has 11 aromatic carbocycles. The lowest BCUT2D eigenvalue weighted by Gasteiger charge is -2.30. The Morgan fingerprint density at radius 2 is 0.618 bits per heavy atom. The number of hydrogen-bond acceptors (Lipinski definition) is 1. The van der Waals surface area contributed by atoms with E-state index in [-0.39, 0.29) is 0 Å². The third kappa shape index (κ3) is 7.45. The zero-order valence-electron chi connectivity index (χ0n) is 37.5. The van der Waals surface area contributed by atoms with Gasteiger partial charge in [-0.1, -0.05) is 231 Å². The fourth-order valence-corrected chi connectivity index (χ4v) is 10.1. The van der Waals surface area contributed by atoms with Gasteiger partial charge in [0.2, 0.25) is 0 Å². The first kappa shape index (κ1) is 40.5. The van der Waals surface area contributed by atoms with Crippen molar-refractivity contribution in [3.63, 3.8) is 0 Å². The minimum Gasteiger partial charge on any atom is -0.309 e. The molecule has 2 heteroatoms. The van der Waals surface area contributed by atoms with E-state index >= 15 is 0 Å². The topological polar surface area (TPSA) is 8.17 Å². The molecule has 0 radical (unpaired) electrons. The molecule has 68 heavy (non-hydrogen) atoms. The van der Waals surface area contributed by atoms with Gasteiger partial charge in [0.05, 0.1) is 22.4 Å². The summed E-state index contributed by atoms with van der Waals surface area (Å²) in [6, 6.07) is 101. The van der Waals surface area contributed by atoms with Crippen LogP contribution >= 0.6 is 0 Å². The Labute approximate surface area is 397 Å². The molecule has 0 amide bonds. The molecule has 0 aliphatic carbocycles. The van der Waals surface area contributed by atoms with Gasteiger partial charge in [-0.2, -0.15) is 0 Å². The summed E-state index contributed by atoms with van der Waals surface area (Å²) in [6.45, 7) is 0. The van der Waals surface area contributed by atoms with Crippen LogP contribution in [0.25, 0.3) is 94.3 Å². The van der Waals surface area contributed by atoms with Crippen LogP contribution in [-0.4, -0.2) is 4.57 Å². The van der Waals surface area contributed by atoms with Crippen molar-refractivity contribution in [3.05, 3.63) is 279 Å². The van der Waals surface area contributed by atoms with Crippen molar-refractivity contribution in [1.29, 1.82) is 0 Å². The average molecular weight is 867 g/mol. The van der Waals surface area contributed by atoms with E-state index in [4.69, 9.17) is 0 Å². The Kier molecular flexibility index (Phi) is 10.6. The van der Waals surface area contributed by atoms with Crippen LogP contribution in [0.5, 0.6) is 0 Å². The lowest BCUT2D eigenvalue weighted by Crippen LogP contribution is -2.12. The lowest BCUT2D eigenvalue weighted by molar-refractivity contribution is 1.18. The summed E-state index contributed by atoms with van der Waals surface area (Å²) in [7, 11) is 0. The zero-order chi connectivity index (χ0) is 45.2. The first-order valence-electron chi connectivity index (χ1n) is 23.3. The van der Waals surface area contributed by atoms with Crippen LogP contribution < -0.4 is 4.90 Å². The van der Waals surface area contributed by atoms with Crippen LogP contribution in [0.1, 0.15) is 0 Å². The molecule has 0 aliphatic heterocycles. The molecule has 0 spiro atoms. The predicted molar refractivity (Wildman–Crippen MR) is 288 cm³/mol. The van der Waals surface area contributed by atoms with E-state index in [1.165, 1.54) is 60.8 Å². The van der Waals surface area contributed by atoms with Crippen LogP contribution in [0.2, 0.25) is 0 Å².